The Kier molecular flexibility index (Phi) is 5.91. The van der Waals surface area contributed by atoms with Gasteiger partial charge in [0, 0.05) is 10.6 Å². The average Bonchev–Trinajstić information content (AvgIpc) is 2.52. The molecule has 0 aliphatic rings. The van der Waals surface area contributed by atoms with E-state index in [-0.39, 0.29) is 5.54 Å². The summed E-state index contributed by atoms with van der Waals surface area (Å²) in [5.74, 6) is 1.51. The van der Waals surface area contributed by atoms with Crippen LogP contribution < -0.4 is 14.8 Å². The lowest BCUT2D eigenvalue weighted by molar-refractivity contribution is -0.731. The van der Waals surface area contributed by atoms with Crippen molar-refractivity contribution in [1.82, 2.24) is 0 Å². The van der Waals surface area contributed by atoms with Gasteiger partial charge in [0.25, 0.3) is 0 Å². The monoisotopic (exact) mass is 334 g/mol. The quantitative estimate of drug-likeness (QED) is 0.872. The third kappa shape index (κ3) is 5.77. The summed E-state index contributed by atoms with van der Waals surface area (Å²) in [5, 5.41) is 3.03. The number of quaternary nitrogens is 1. The number of hydrogen-bond acceptors (Lipinski definition) is 2. The number of methoxy groups -OCH3 is 1. The maximum Gasteiger partial charge on any atom is 0.161 e. The molecule has 3 nitrogen and oxygen atoms in total. The molecule has 0 amide bonds. The number of ether oxygens (including phenoxy) is 2. The van der Waals surface area contributed by atoms with Crippen LogP contribution in [0.1, 0.15) is 31.9 Å². The lowest BCUT2D eigenvalue weighted by Crippen LogP contribution is -2.92. The molecule has 0 bridgehead atoms. The minimum atomic E-state index is 0.205. The third-order valence-electron chi connectivity index (χ3n) is 3.49. The van der Waals surface area contributed by atoms with Gasteiger partial charge in [-0.25, -0.2) is 0 Å². The van der Waals surface area contributed by atoms with Crippen LogP contribution >= 0.6 is 11.6 Å². The SMILES string of the molecule is COc1cc(C[NH2+]C(C)(C)C)ccc1OCc1ccc(Cl)cc1. The second-order valence-electron chi connectivity index (χ2n) is 6.67. The molecule has 0 unspecified atom stereocenters. The molecule has 0 aliphatic carbocycles. The van der Waals surface area contributed by atoms with Gasteiger partial charge in [0.15, 0.2) is 11.5 Å². The molecule has 2 N–H and O–H groups in total. The second kappa shape index (κ2) is 7.71. The average molecular weight is 335 g/mol. The van der Waals surface area contributed by atoms with Crippen LogP contribution in [-0.2, 0) is 13.2 Å². The van der Waals surface area contributed by atoms with Crippen molar-refractivity contribution in [3.05, 3.63) is 58.6 Å². The summed E-state index contributed by atoms with van der Waals surface area (Å²) in [7, 11) is 1.67. The van der Waals surface area contributed by atoms with Crippen LogP contribution in [0.15, 0.2) is 42.5 Å². The largest absolute Gasteiger partial charge is 0.493 e. The van der Waals surface area contributed by atoms with Gasteiger partial charge < -0.3 is 14.8 Å². The molecule has 0 aliphatic heterocycles. The maximum absolute atomic E-state index is 5.89. The summed E-state index contributed by atoms with van der Waals surface area (Å²) in [4.78, 5) is 0. The lowest BCUT2D eigenvalue weighted by Gasteiger charge is -2.17. The van der Waals surface area contributed by atoms with Gasteiger partial charge in [-0.1, -0.05) is 23.7 Å². The molecular weight excluding hydrogens is 310 g/mol. The van der Waals surface area contributed by atoms with Gasteiger partial charge in [-0.2, -0.15) is 0 Å². The first-order valence-corrected chi connectivity index (χ1v) is 8.14. The Hall–Kier alpha value is -1.71. The van der Waals surface area contributed by atoms with E-state index in [1.807, 2.05) is 36.4 Å². The van der Waals surface area contributed by atoms with Gasteiger partial charge in [0.05, 0.1) is 12.6 Å². The normalized spacial score (nSPS) is 11.3. The van der Waals surface area contributed by atoms with Crippen molar-refractivity contribution in [1.29, 1.82) is 0 Å². The molecule has 23 heavy (non-hydrogen) atoms. The zero-order valence-corrected chi connectivity index (χ0v) is 15.0. The number of hydrogen-bond donors (Lipinski definition) is 1. The molecule has 0 spiro atoms. The molecule has 124 valence electrons. The van der Waals surface area contributed by atoms with E-state index in [0.29, 0.717) is 6.61 Å². The Morgan fingerprint density at radius 3 is 2.22 bits per heavy atom. The molecule has 4 heteroatoms. The molecule has 0 aromatic heterocycles. The summed E-state index contributed by atoms with van der Waals surface area (Å²) >= 11 is 5.89. The Balaban J connectivity index is 2.02. The van der Waals surface area contributed by atoms with E-state index in [2.05, 4.69) is 32.2 Å². The van der Waals surface area contributed by atoms with Gasteiger partial charge in [-0.05, 0) is 56.7 Å². The minimum absolute atomic E-state index is 0.205. The predicted molar refractivity (Wildman–Crippen MR) is 94.2 cm³/mol. The second-order valence-corrected chi connectivity index (χ2v) is 7.11. The molecular formula is C19H25ClNO2+. The van der Waals surface area contributed by atoms with Crippen LogP contribution in [0.25, 0.3) is 0 Å². The van der Waals surface area contributed by atoms with Crippen molar-refractivity contribution >= 4 is 11.6 Å². The van der Waals surface area contributed by atoms with Crippen LogP contribution in [-0.4, -0.2) is 12.6 Å². The molecule has 2 rings (SSSR count). The zero-order valence-electron chi connectivity index (χ0n) is 14.2. The van der Waals surface area contributed by atoms with Crippen LogP contribution in [0.5, 0.6) is 11.5 Å². The number of rotatable bonds is 6. The highest BCUT2D eigenvalue weighted by molar-refractivity contribution is 6.30. The highest BCUT2D eigenvalue weighted by Crippen LogP contribution is 2.28. The van der Waals surface area contributed by atoms with Crippen molar-refractivity contribution in [2.75, 3.05) is 7.11 Å². The Morgan fingerprint density at radius 1 is 0.957 bits per heavy atom. The molecule has 0 saturated carbocycles. The van der Waals surface area contributed by atoms with Gasteiger partial charge in [0.1, 0.15) is 13.2 Å². The summed E-state index contributed by atoms with van der Waals surface area (Å²) in [6.07, 6.45) is 0. The van der Waals surface area contributed by atoms with Crippen LogP contribution in [0.4, 0.5) is 0 Å². The highest BCUT2D eigenvalue weighted by Gasteiger charge is 2.14. The van der Waals surface area contributed by atoms with E-state index in [1.54, 1.807) is 7.11 Å². The molecule has 0 heterocycles. The van der Waals surface area contributed by atoms with Crippen LogP contribution in [0.3, 0.4) is 0 Å². The van der Waals surface area contributed by atoms with Gasteiger partial charge >= 0.3 is 0 Å². The van der Waals surface area contributed by atoms with E-state index in [1.165, 1.54) is 5.56 Å². The standard InChI is InChI=1S/C19H24ClNO2/c1-19(2,3)21-12-15-7-10-17(18(11-15)22-4)23-13-14-5-8-16(20)9-6-14/h5-11,21H,12-13H2,1-4H3/p+1. The van der Waals surface area contributed by atoms with E-state index >= 15 is 0 Å². The first kappa shape index (κ1) is 17.6. The van der Waals surface area contributed by atoms with Gasteiger partial charge in [-0.3, -0.25) is 0 Å². The molecule has 2 aromatic rings. The molecule has 0 atom stereocenters. The predicted octanol–water partition coefficient (Wildman–Crippen LogP) is 3.79. The molecule has 2 aromatic carbocycles. The van der Waals surface area contributed by atoms with Gasteiger partial charge in [-0.15, -0.1) is 0 Å². The highest BCUT2D eigenvalue weighted by atomic mass is 35.5. The smallest absolute Gasteiger partial charge is 0.161 e. The van der Waals surface area contributed by atoms with E-state index < -0.39 is 0 Å². The van der Waals surface area contributed by atoms with Crippen LogP contribution in [0.2, 0.25) is 5.02 Å². The van der Waals surface area contributed by atoms with Crippen molar-refractivity contribution in [3.8, 4) is 11.5 Å². The van der Waals surface area contributed by atoms with Crippen LogP contribution in [0, 0.1) is 0 Å². The van der Waals surface area contributed by atoms with E-state index in [0.717, 1.165) is 28.6 Å². The summed E-state index contributed by atoms with van der Waals surface area (Å²) in [5.41, 5.74) is 2.49. The van der Waals surface area contributed by atoms with E-state index in [4.69, 9.17) is 21.1 Å². The summed E-state index contributed by atoms with van der Waals surface area (Å²) in [6.45, 7) is 8.01. The zero-order chi connectivity index (χ0) is 16.9. The third-order valence-corrected chi connectivity index (χ3v) is 3.74. The van der Waals surface area contributed by atoms with Crippen molar-refractivity contribution in [2.45, 2.75) is 39.5 Å². The lowest BCUT2D eigenvalue weighted by atomic mass is 10.1. The first-order chi connectivity index (χ1) is 10.9. The summed E-state index contributed by atoms with van der Waals surface area (Å²) < 4.78 is 11.3. The van der Waals surface area contributed by atoms with Crippen molar-refractivity contribution in [2.24, 2.45) is 0 Å². The van der Waals surface area contributed by atoms with Crippen molar-refractivity contribution < 1.29 is 14.8 Å². The fourth-order valence-electron chi connectivity index (χ4n) is 2.12. The minimum Gasteiger partial charge on any atom is -0.493 e. The maximum atomic E-state index is 5.89. The van der Waals surface area contributed by atoms with Crippen molar-refractivity contribution in [3.63, 3.8) is 0 Å². The number of benzene rings is 2. The first-order valence-electron chi connectivity index (χ1n) is 7.76. The molecule has 0 fully saturated rings. The topological polar surface area (TPSA) is 35.1 Å². The van der Waals surface area contributed by atoms with Gasteiger partial charge in [0.2, 0.25) is 0 Å². The Morgan fingerprint density at radius 2 is 1.61 bits per heavy atom. The fraction of sp³-hybridized carbons (Fsp3) is 0.368. The number of halogens is 1. The molecule has 0 saturated heterocycles. The Labute approximate surface area is 143 Å². The number of nitrogens with two attached hydrogens (primary N) is 1. The Bertz CT molecular complexity index is 633. The fourth-order valence-corrected chi connectivity index (χ4v) is 2.25. The van der Waals surface area contributed by atoms with E-state index in [9.17, 15) is 0 Å². The molecule has 0 radical (unpaired) electrons. The summed E-state index contributed by atoms with van der Waals surface area (Å²) in [6, 6.07) is 13.7.